The molecule has 1 fully saturated rings. The second kappa shape index (κ2) is 9.15. The maximum Gasteiger partial charge on any atom is 0.0760 e. The van der Waals surface area contributed by atoms with Crippen LogP contribution in [0.2, 0.25) is 10.0 Å². The number of hydrogen-bond donors (Lipinski definition) is 1. The fraction of sp³-hybridized carbons (Fsp3) is 0.368. The molecule has 2 aromatic carbocycles. The van der Waals surface area contributed by atoms with Gasteiger partial charge in [-0.3, -0.25) is 4.90 Å². The third kappa shape index (κ3) is 5.80. The van der Waals surface area contributed by atoms with Crippen LogP contribution in [0.3, 0.4) is 0 Å². The van der Waals surface area contributed by atoms with Crippen LogP contribution in [0, 0.1) is 0 Å². The van der Waals surface area contributed by atoms with Crippen molar-refractivity contribution in [3.63, 3.8) is 0 Å². The number of aliphatic hydroxyl groups excluding tert-OH is 1. The molecule has 3 nitrogen and oxygen atoms in total. The van der Waals surface area contributed by atoms with E-state index in [0.29, 0.717) is 12.3 Å². The quantitative estimate of drug-likeness (QED) is 0.737. The van der Waals surface area contributed by atoms with Crippen molar-refractivity contribution < 1.29 is 5.11 Å². The summed E-state index contributed by atoms with van der Waals surface area (Å²) in [5, 5.41) is 11.8. The highest BCUT2D eigenvalue weighted by molar-refractivity contribution is 7.99. The predicted molar refractivity (Wildman–Crippen MR) is 108 cm³/mol. The van der Waals surface area contributed by atoms with E-state index in [1.54, 1.807) is 11.8 Å². The van der Waals surface area contributed by atoms with Gasteiger partial charge >= 0.3 is 0 Å². The number of halogens is 2. The molecule has 0 aromatic heterocycles. The smallest absolute Gasteiger partial charge is 0.0760 e. The summed E-state index contributed by atoms with van der Waals surface area (Å²) in [7, 11) is 0. The number of rotatable bonds is 6. The minimum Gasteiger partial charge on any atom is -0.391 e. The van der Waals surface area contributed by atoms with Gasteiger partial charge in [0.2, 0.25) is 0 Å². The van der Waals surface area contributed by atoms with Crippen molar-refractivity contribution in [2.24, 2.45) is 0 Å². The van der Waals surface area contributed by atoms with Gasteiger partial charge in [-0.2, -0.15) is 0 Å². The topological polar surface area (TPSA) is 26.7 Å². The van der Waals surface area contributed by atoms with Crippen LogP contribution < -0.4 is 4.90 Å². The first-order chi connectivity index (χ1) is 12.1. The zero-order chi connectivity index (χ0) is 17.6. The van der Waals surface area contributed by atoms with Crippen LogP contribution in [-0.4, -0.2) is 54.6 Å². The molecule has 6 heteroatoms. The fourth-order valence-electron chi connectivity index (χ4n) is 2.94. The van der Waals surface area contributed by atoms with E-state index < -0.39 is 0 Å². The highest BCUT2D eigenvalue weighted by atomic mass is 35.5. The first-order valence-electron chi connectivity index (χ1n) is 8.39. The molecule has 0 unspecified atom stereocenters. The number of hydrogen-bond acceptors (Lipinski definition) is 4. The summed E-state index contributed by atoms with van der Waals surface area (Å²) < 4.78 is 0. The van der Waals surface area contributed by atoms with Crippen molar-refractivity contribution in [3.8, 4) is 0 Å². The van der Waals surface area contributed by atoms with Crippen molar-refractivity contribution in [2.45, 2.75) is 11.0 Å². The first kappa shape index (κ1) is 18.9. The maximum absolute atomic E-state index is 10.3. The molecule has 1 N–H and O–H groups in total. The number of anilines is 1. The van der Waals surface area contributed by atoms with E-state index >= 15 is 0 Å². The van der Waals surface area contributed by atoms with Gasteiger partial charge in [-0.1, -0.05) is 29.3 Å². The molecule has 1 heterocycles. The van der Waals surface area contributed by atoms with E-state index in [4.69, 9.17) is 23.2 Å². The summed E-state index contributed by atoms with van der Waals surface area (Å²) in [5.74, 6) is 0.691. The van der Waals surface area contributed by atoms with E-state index in [-0.39, 0.29) is 6.10 Å². The van der Waals surface area contributed by atoms with Gasteiger partial charge in [0.05, 0.1) is 6.10 Å². The van der Waals surface area contributed by atoms with Crippen LogP contribution in [0.15, 0.2) is 53.4 Å². The third-order valence-electron chi connectivity index (χ3n) is 4.27. The van der Waals surface area contributed by atoms with E-state index in [1.807, 2.05) is 42.5 Å². The predicted octanol–water partition coefficient (Wildman–Crippen LogP) is 4.27. The van der Waals surface area contributed by atoms with Gasteiger partial charge in [0, 0.05) is 59.1 Å². The summed E-state index contributed by atoms with van der Waals surface area (Å²) in [6.07, 6.45) is -0.335. The van der Waals surface area contributed by atoms with Gasteiger partial charge in [0.15, 0.2) is 0 Å². The SMILES string of the molecule is O[C@H](CSc1ccc(Cl)cc1)CN1CCN(c2cccc(Cl)c2)CC1. The molecule has 1 aliphatic rings. The summed E-state index contributed by atoms with van der Waals surface area (Å²) in [4.78, 5) is 5.81. The fourth-order valence-corrected chi connectivity index (χ4v) is 4.06. The Kier molecular flexibility index (Phi) is 6.91. The van der Waals surface area contributed by atoms with E-state index in [0.717, 1.165) is 41.1 Å². The Bertz CT molecular complexity index is 675. The standard InChI is InChI=1S/C19H22Cl2N2OS/c20-15-4-6-19(7-5-15)25-14-18(24)13-22-8-10-23(11-9-22)17-3-1-2-16(21)12-17/h1-7,12,18,24H,8-11,13-14H2/t18-/m0/s1. The molecule has 0 spiro atoms. The zero-order valence-corrected chi connectivity index (χ0v) is 16.3. The summed E-state index contributed by atoms with van der Waals surface area (Å²) >= 11 is 13.6. The monoisotopic (exact) mass is 396 g/mol. The van der Waals surface area contributed by atoms with Gasteiger partial charge in [0.25, 0.3) is 0 Å². The Morgan fingerprint density at radius 1 is 0.960 bits per heavy atom. The lowest BCUT2D eigenvalue weighted by atomic mass is 10.2. The van der Waals surface area contributed by atoms with Gasteiger partial charge in [-0.25, -0.2) is 0 Å². The lowest BCUT2D eigenvalue weighted by molar-refractivity contribution is 0.126. The normalized spacial score (nSPS) is 16.8. The molecule has 0 amide bonds. The van der Waals surface area contributed by atoms with Crippen LogP contribution in [0.5, 0.6) is 0 Å². The van der Waals surface area contributed by atoms with Crippen molar-refractivity contribution in [3.05, 3.63) is 58.6 Å². The second-order valence-electron chi connectivity index (χ2n) is 6.19. The molecule has 2 aromatic rings. The number of aliphatic hydroxyl groups is 1. The number of piperazine rings is 1. The molecule has 134 valence electrons. The minimum absolute atomic E-state index is 0.335. The van der Waals surface area contributed by atoms with Gasteiger partial charge in [-0.05, 0) is 42.5 Å². The number of benzene rings is 2. The molecule has 25 heavy (non-hydrogen) atoms. The van der Waals surface area contributed by atoms with Crippen molar-refractivity contribution in [2.75, 3.05) is 43.4 Å². The highest BCUT2D eigenvalue weighted by Crippen LogP contribution is 2.23. The first-order valence-corrected chi connectivity index (χ1v) is 10.1. The molecular formula is C19H22Cl2N2OS. The van der Waals surface area contributed by atoms with Crippen LogP contribution >= 0.6 is 35.0 Å². The third-order valence-corrected chi connectivity index (χ3v) is 5.91. The van der Waals surface area contributed by atoms with Crippen molar-refractivity contribution in [1.29, 1.82) is 0 Å². The van der Waals surface area contributed by atoms with Crippen LogP contribution in [0.4, 0.5) is 5.69 Å². The Morgan fingerprint density at radius 3 is 2.36 bits per heavy atom. The lowest BCUT2D eigenvalue weighted by Crippen LogP contribution is -2.48. The average Bonchev–Trinajstić information content (AvgIpc) is 2.62. The second-order valence-corrected chi connectivity index (χ2v) is 8.15. The van der Waals surface area contributed by atoms with E-state index in [2.05, 4.69) is 15.9 Å². The minimum atomic E-state index is -0.335. The highest BCUT2D eigenvalue weighted by Gasteiger charge is 2.19. The van der Waals surface area contributed by atoms with Gasteiger partial charge in [-0.15, -0.1) is 11.8 Å². The summed E-state index contributed by atoms with van der Waals surface area (Å²) in [5.41, 5.74) is 1.17. The molecule has 0 aliphatic carbocycles. The Hall–Kier alpha value is -0.910. The molecule has 0 bridgehead atoms. The summed E-state index contributed by atoms with van der Waals surface area (Å²) in [6, 6.07) is 15.7. The maximum atomic E-state index is 10.3. The van der Waals surface area contributed by atoms with E-state index in [1.165, 1.54) is 5.69 Å². The summed E-state index contributed by atoms with van der Waals surface area (Å²) in [6.45, 7) is 4.53. The molecular weight excluding hydrogens is 375 g/mol. The Labute approximate surface area is 163 Å². The zero-order valence-electron chi connectivity index (χ0n) is 13.9. The molecule has 3 rings (SSSR count). The van der Waals surface area contributed by atoms with Gasteiger partial charge in [0.1, 0.15) is 0 Å². The number of β-amino-alcohol motifs (C(OH)–C–C–N with tert-alkyl or cyclic N) is 1. The molecule has 1 atom stereocenters. The molecule has 0 radical (unpaired) electrons. The number of thioether (sulfide) groups is 1. The largest absolute Gasteiger partial charge is 0.391 e. The number of nitrogens with zero attached hydrogens (tertiary/aromatic N) is 2. The van der Waals surface area contributed by atoms with E-state index in [9.17, 15) is 5.11 Å². The van der Waals surface area contributed by atoms with Crippen LogP contribution in [0.25, 0.3) is 0 Å². The molecule has 1 aliphatic heterocycles. The van der Waals surface area contributed by atoms with Crippen molar-refractivity contribution >= 4 is 40.7 Å². The molecule has 1 saturated heterocycles. The Morgan fingerprint density at radius 2 is 1.68 bits per heavy atom. The molecule has 0 saturated carbocycles. The van der Waals surface area contributed by atoms with Gasteiger partial charge < -0.3 is 10.0 Å². The average molecular weight is 397 g/mol. The lowest BCUT2D eigenvalue weighted by Gasteiger charge is -2.37. The van der Waals surface area contributed by atoms with Crippen LogP contribution in [-0.2, 0) is 0 Å². The Balaban J connectivity index is 1.41. The van der Waals surface area contributed by atoms with Crippen molar-refractivity contribution in [1.82, 2.24) is 4.90 Å². The van der Waals surface area contributed by atoms with Crippen LogP contribution in [0.1, 0.15) is 0 Å².